The van der Waals surface area contributed by atoms with E-state index >= 15 is 0 Å². The second-order valence-electron chi connectivity index (χ2n) is 7.70. The molecule has 0 saturated carbocycles. The number of nitrogens with one attached hydrogen (secondary N) is 1. The predicted octanol–water partition coefficient (Wildman–Crippen LogP) is 2.08. The van der Waals surface area contributed by atoms with Gasteiger partial charge >= 0.3 is 5.69 Å². The van der Waals surface area contributed by atoms with Crippen LogP contribution in [0, 0.1) is 5.92 Å². The van der Waals surface area contributed by atoms with Crippen molar-refractivity contribution < 1.29 is 9.53 Å². The van der Waals surface area contributed by atoms with Crippen LogP contribution in [0.25, 0.3) is 11.0 Å². The minimum atomic E-state index is -0.131. The topological polar surface area (TPSA) is 68.5 Å². The van der Waals surface area contributed by atoms with Gasteiger partial charge in [-0.15, -0.1) is 0 Å². The summed E-state index contributed by atoms with van der Waals surface area (Å²) < 4.78 is 8.79. The lowest BCUT2D eigenvalue weighted by Crippen LogP contribution is -2.52. The first-order chi connectivity index (χ1) is 14.1. The van der Waals surface area contributed by atoms with Gasteiger partial charge in [-0.25, -0.2) is 4.79 Å². The maximum atomic E-state index is 12.8. The summed E-state index contributed by atoms with van der Waals surface area (Å²) >= 11 is 0. The van der Waals surface area contributed by atoms with E-state index in [2.05, 4.69) is 24.1 Å². The van der Waals surface area contributed by atoms with E-state index in [1.54, 1.807) is 9.13 Å². The molecule has 7 heteroatoms. The fourth-order valence-corrected chi connectivity index (χ4v) is 4.48. The van der Waals surface area contributed by atoms with E-state index in [0.717, 1.165) is 50.2 Å². The molecule has 0 spiro atoms. The highest BCUT2D eigenvalue weighted by atomic mass is 16.5. The number of hydrogen-bond acceptors (Lipinski definition) is 4. The molecule has 2 heterocycles. The van der Waals surface area contributed by atoms with Crippen LogP contribution in [0.2, 0.25) is 0 Å². The number of morpholine rings is 1. The maximum Gasteiger partial charge on any atom is 0.329 e. The van der Waals surface area contributed by atoms with Crippen LogP contribution in [0.1, 0.15) is 33.6 Å². The molecule has 1 fully saturated rings. The number of ether oxygens (including phenoxy) is 1. The molecule has 29 heavy (non-hydrogen) atoms. The zero-order valence-corrected chi connectivity index (χ0v) is 17.9. The molecule has 1 unspecified atom stereocenters. The van der Waals surface area contributed by atoms with E-state index in [-0.39, 0.29) is 18.1 Å². The third-order valence-corrected chi connectivity index (χ3v) is 6.16. The molecular formula is C22H34N4O3. The predicted molar refractivity (Wildman–Crippen MR) is 115 cm³/mol. The highest BCUT2D eigenvalue weighted by molar-refractivity contribution is 5.80. The van der Waals surface area contributed by atoms with Crippen molar-refractivity contribution in [2.24, 2.45) is 5.92 Å². The lowest BCUT2D eigenvalue weighted by molar-refractivity contribution is -0.122. The highest BCUT2D eigenvalue weighted by Crippen LogP contribution is 2.19. The van der Waals surface area contributed by atoms with Gasteiger partial charge in [-0.3, -0.25) is 18.8 Å². The largest absolute Gasteiger partial charge is 0.379 e. The van der Waals surface area contributed by atoms with Gasteiger partial charge in [0.1, 0.15) is 6.54 Å². The molecule has 0 bridgehead atoms. The minimum absolute atomic E-state index is 0.0467. The Morgan fingerprint density at radius 2 is 1.69 bits per heavy atom. The van der Waals surface area contributed by atoms with Gasteiger partial charge in [0.15, 0.2) is 0 Å². The molecule has 7 nitrogen and oxygen atoms in total. The van der Waals surface area contributed by atoms with E-state index < -0.39 is 0 Å². The van der Waals surface area contributed by atoms with Crippen molar-refractivity contribution in [3.8, 4) is 0 Å². The average molecular weight is 403 g/mol. The van der Waals surface area contributed by atoms with E-state index in [0.29, 0.717) is 25.0 Å². The Kier molecular flexibility index (Phi) is 7.50. The van der Waals surface area contributed by atoms with Crippen molar-refractivity contribution in [1.82, 2.24) is 19.4 Å². The van der Waals surface area contributed by atoms with Crippen LogP contribution in [-0.4, -0.2) is 58.8 Å². The Hall–Kier alpha value is -2.12. The van der Waals surface area contributed by atoms with Crippen LogP contribution in [0.15, 0.2) is 29.1 Å². The Morgan fingerprint density at radius 1 is 1.07 bits per heavy atom. The van der Waals surface area contributed by atoms with Gasteiger partial charge in [-0.05, 0) is 25.0 Å². The van der Waals surface area contributed by atoms with Crippen LogP contribution >= 0.6 is 0 Å². The number of hydrogen-bond donors (Lipinski definition) is 1. The lowest BCUT2D eigenvalue weighted by Gasteiger charge is -2.38. The number of imidazole rings is 1. The van der Waals surface area contributed by atoms with E-state index in [9.17, 15) is 9.59 Å². The molecule has 2 aromatic rings. The second-order valence-corrected chi connectivity index (χ2v) is 7.70. The number of carbonyl (C=O) groups excluding carboxylic acids is 1. The van der Waals surface area contributed by atoms with Crippen molar-refractivity contribution in [3.05, 3.63) is 34.7 Å². The zero-order valence-electron chi connectivity index (χ0n) is 17.9. The molecule has 1 atom stereocenters. The van der Waals surface area contributed by atoms with Crippen LogP contribution in [0.3, 0.4) is 0 Å². The number of amides is 1. The quantitative estimate of drug-likeness (QED) is 0.697. The molecule has 1 aromatic carbocycles. The van der Waals surface area contributed by atoms with Crippen molar-refractivity contribution >= 4 is 16.9 Å². The van der Waals surface area contributed by atoms with Gasteiger partial charge in [0.2, 0.25) is 5.91 Å². The van der Waals surface area contributed by atoms with Crippen LogP contribution in [0.4, 0.5) is 0 Å². The number of rotatable bonds is 9. The standard InChI is InChI=1S/C22H34N4O3/c1-4-17(5-2)20(24-11-13-29-14-12-24)15-23-21(27)16-26-19-10-8-7-9-18(19)25(6-3)22(26)28/h7-10,17,20H,4-6,11-16H2,1-3H3,(H,23,27). The SMILES string of the molecule is CCC(CC)C(CNC(=O)Cn1c(=O)n(CC)c2ccccc21)N1CCOCC1. The summed E-state index contributed by atoms with van der Waals surface area (Å²) in [5, 5.41) is 3.11. The summed E-state index contributed by atoms with van der Waals surface area (Å²) in [7, 11) is 0. The minimum Gasteiger partial charge on any atom is -0.379 e. The summed E-state index contributed by atoms with van der Waals surface area (Å²) in [6.45, 7) is 10.9. The number of aromatic nitrogens is 2. The van der Waals surface area contributed by atoms with E-state index in [1.165, 1.54) is 0 Å². The third-order valence-electron chi connectivity index (χ3n) is 6.16. The Bertz CT molecular complexity index is 863. The summed E-state index contributed by atoms with van der Waals surface area (Å²) in [6.07, 6.45) is 2.16. The summed E-state index contributed by atoms with van der Waals surface area (Å²) in [5.74, 6) is 0.411. The third kappa shape index (κ3) is 4.73. The molecule has 1 saturated heterocycles. The first kappa shape index (κ1) is 21.6. The first-order valence-electron chi connectivity index (χ1n) is 10.9. The monoisotopic (exact) mass is 402 g/mol. The molecule has 160 valence electrons. The normalized spacial score (nSPS) is 16.4. The molecule has 1 amide bonds. The molecule has 0 radical (unpaired) electrons. The number of aryl methyl sites for hydroxylation is 1. The van der Waals surface area contributed by atoms with Crippen LogP contribution in [0.5, 0.6) is 0 Å². The van der Waals surface area contributed by atoms with Crippen LogP contribution in [-0.2, 0) is 22.6 Å². The van der Waals surface area contributed by atoms with Crippen molar-refractivity contribution in [3.63, 3.8) is 0 Å². The van der Waals surface area contributed by atoms with Gasteiger partial charge in [0.25, 0.3) is 0 Å². The van der Waals surface area contributed by atoms with E-state index in [1.807, 2.05) is 31.2 Å². The maximum absolute atomic E-state index is 12.8. The first-order valence-corrected chi connectivity index (χ1v) is 10.9. The molecule has 1 aliphatic heterocycles. The summed E-state index contributed by atoms with van der Waals surface area (Å²) in [4.78, 5) is 28.0. The summed E-state index contributed by atoms with van der Waals surface area (Å²) in [5.41, 5.74) is 1.55. The fraction of sp³-hybridized carbons (Fsp3) is 0.636. The molecule has 1 N–H and O–H groups in total. The average Bonchev–Trinajstić information content (AvgIpc) is 3.02. The smallest absolute Gasteiger partial charge is 0.329 e. The molecule has 0 aliphatic carbocycles. The second kappa shape index (κ2) is 10.1. The molecule has 1 aromatic heterocycles. The molecular weight excluding hydrogens is 368 g/mol. The van der Waals surface area contributed by atoms with Gasteiger partial charge in [0, 0.05) is 32.2 Å². The van der Waals surface area contributed by atoms with Gasteiger partial charge < -0.3 is 10.1 Å². The number of nitrogens with zero attached hydrogens (tertiary/aromatic N) is 3. The Balaban J connectivity index is 1.72. The zero-order chi connectivity index (χ0) is 20.8. The molecule has 3 rings (SSSR count). The van der Waals surface area contributed by atoms with Crippen LogP contribution < -0.4 is 11.0 Å². The summed E-state index contributed by atoms with van der Waals surface area (Å²) in [6, 6.07) is 7.94. The highest BCUT2D eigenvalue weighted by Gasteiger charge is 2.27. The van der Waals surface area contributed by atoms with Crippen molar-refractivity contribution in [2.45, 2.75) is 52.7 Å². The number of fused-ring (bicyclic) bond motifs is 1. The molecule has 1 aliphatic rings. The number of carbonyl (C=O) groups is 1. The van der Waals surface area contributed by atoms with Gasteiger partial charge in [-0.2, -0.15) is 0 Å². The number of benzene rings is 1. The van der Waals surface area contributed by atoms with Crippen molar-refractivity contribution in [1.29, 1.82) is 0 Å². The fourth-order valence-electron chi connectivity index (χ4n) is 4.48. The lowest BCUT2D eigenvalue weighted by atomic mass is 9.92. The Labute approximate surface area is 172 Å². The number of para-hydroxylation sites is 2. The Morgan fingerprint density at radius 3 is 2.28 bits per heavy atom. The van der Waals surface area contributed by atoms with Gasteiger partial charge in [-0.1, -0.05) is 38.8 Å². The van der Waals surface area contributed by atoms with E-state index in [4.69, 9.17) is 4.74 Å². The van der Waals surface area contributed by atoms with Gasteiger partial charge in [0.05, 0.1) is 24.2 Å². The van der Waals surface area contributed by atoms with Crippen molar-refractivity contribution in [2.75, 3.05) is 32.8 Å².